The predicted molar refractivity (Wildman–Crippen MR) is 53.4 cm³/mol. The first kappa shape index (κ1) is 8.52. The molecule has 0 radical (unpaired) electrons. The fourth-order valence-corrected chi connectivity index (χ4v) is 1.53. The van der Waals surface area contributed by atoms with E-state index in [4.69, 9.17) is 5.11 Å². The largest absolute Gasteiger partial charge is 0.392 e. The van der Waals surface area contributed by atoms with Crippen molar-refractivity contribution >= 4 is 0 Å². The van der Waals surface area contributed by atoms with Gasteiger partial charge >= 0.3 is 0 Å². The van der Waals surface area contributed by atoms with Crippen molar-refractivity contribution in [3.05, 3.63) is 47.0 Å². The summed E-state index contributed by atoms with van der Waals surface area (Å²) in [5.41, 5.74) is 3.89. The van der Waals surface area contributed by atoms with E-state index >= 15 is 0 Å². The molecule has 1 aliphatic rings. The van der Waals surface area contributed by atoms with Crippen LogP contribution in [0.15, 0.2) is 35.9 Å². The van der Waals surface area contributed by atoms with Crippen LogP contribution in [0.2, 0.25) is 0 Å². The average Bonchev–Trinajstić information content (AvgIpc) is 2.12. The van der Waals surface area contributed by atoms with Gasteiger partial charge in [0.2, 0.25) is 0 Å². The molecule has 0 atom stereocenters. The molecule has 1 aliphatic carbocycles. The number of hydrogen-bond acceptors (Lipinski definition) is 1. The highest BCUT2D eigenvalue weighted by Crippen LogP contribution is 2.22. The Hall–Kier alpha value is -1.08. The van der Waals surface area contributed by atoms with E-state index in [9.17, 15) is 0 Å². The summed E-state index contributed by atoms with van der Waals surface area (Å²) in [6, 6.07) is 8.19. The van der Waals surface area contributed by atoms with Gasteiger partial charge in [-0.25, -0.2) is 0 Å². The molecule has 0 saturated carbocycles. The molecule has 0 aromatic heterocycles. The average molecular weight is 174 g/mol. The zero-order chi connectivity index (χ0) is 9.10. The maximum absolute atomic E-state index is 8.86. The van der Waals surface area contributed by atoms with E-state index in [1.807, 2.05) is 12.1 Å². The van der Waals surface area contributed by atoms with E-state index in [0.717, 1.165) is 12.0 Å². The fraction of sp³-hybridized carbons (Fsp3) is 0.333. The Morgan fingerprint density at radius 3 is 2.15 bits per heavy atom. The molecule has 0 bridgehead atoms. The Morgan fingerprint density at radius 2 is 1.69 bits per heavy atom. The van der Waals surface area contributed by atoms with E-state index in [2.05, 4.69) is 18.2 Å². The monoisotopic (exact) mass is 174 g/mol. The summed E-state index contributed by atoms with van der Waals surface area (Å²) in [7, 11) is 0. The van der Waals surface area contributed by atoms with Crippen LogP contribution in [0.1, 0.15) is 24.0 Å². The zero-order valence-electron chi connectivity index (χ0n) is 7.66. The second kappa shape index (κ2) is 3.75. The molecule has 68 valence electrons. The van der Waals surface area contributed by atoms with Gasteiger partial charge < -0.3 is 5.11 Å². The first-order chi connectivity index (χ1) is 6.38. The molecule has 0 heterocycles. The van der Waals surface area contributed by atoms with Crippen molar-refractivity contribution in [1.29, 1.82) is 0 Å². The lowest BCUT2D eigenvalue weighted by Crippen LogP contribution is -1.98. The van der Waals surface area contributed by atoms with Crippen molar-refractivity contribution in [2.75, 3.05) is 0 Å². The maximum atomic E-state index is 8.86. The Balaban J connectivity index is 2.04. The Kier molecular flexibility index (Phi) is 2.46. The van der Waals surface area contributed by atoms with Crippen molar-refractivity contribution in [2.24, 2.45) is 0 Å². The Labute approximate surface area is 78.7 Å². The fourth-order valence-electron chi connectivity index (χ4n) is 1.53. The van der Waals surface area contributed by atoms with Crippen molar-refractivity contribution in [2.45, 2.75) is 25.9 Å². The Bertz CT molecular complexity index is 308. The van der Waals surface area contributed by atoms with Crippen LogP contribution in [0.5, 0.6) is 0 Å². The van der Waals surface area contributed by atoms with E-state index < -0.39 is 0 Å². The molecule has 2 rings (SSSR count). The molecule has 1 nitrogen and oxygen atoms in total. The quantitative estimate of drug-likeness (QED) is 0.698. The SMILES string of the molecule is OCc1ccc(CC2=CCC2)cc1. The molecule has 1 heteroatoms. The van der Waals surface area contributed by atoms with Gasteiger partial charge in [0, 0.05) is 0 Å². The van der Waals surface area contributed by atoms with Crippen molar-refractivity contribution < 1.29 is 5.11 Å². The van der Waals surface area contributed by atoms with Gasteiger partial charge in [0.25, 0.3) is 0 Å². The molecule has 13 heavy (non-hydrogen) atoms. The third-order valence-corrected chi connectivity index (χ3v) is 2.54. The molecule has 0 aliphatic heterocycles. The molecular weight excluding hydrogens is 160 g/mol. The van der Waals surface area contributed by atoms with Gasteiger partial charge in [0.05, 0.1) is 6.61 Å². The number of hydrogen-bond donors (Lipinski definition) is 1. The number of rotatable bonds is 3. The summed E-state index contributed by atoms with van der Waals surface area (Å²) in [6.07, 6.45) is 5.91. The van der Waals surface area contributed by atoms with E-state index in [1.165, 1.54) is 18.4 Å². The summed E-state index contributed by atoms with van der Waals surface area (Å²) in [4.78, 5) is 0. The van der Waals surface area contributed by atoms with E-state index in [0.29, 0.717) is 0 Å². The van der Waals surface area contributed by atoms with Crippen LogP contribution in [0.4, 0.5) is 0 Å². The van der Waals surface area contributed by atoms with Gasteiger partial charge in [-0.3, -0.25) is 0 Å². The topological polar surface area (TPSA) is 20.2 Å². The minimum absolute atomic E-state index is 0.142. The van der Waals surface area contributed by atoms with Gasteiger partial charge in [-0.05, 0) is 30.4 Å². The summed E-state index contributed by atoms with van der Waals surface area (Å²) in [5, 5.41) is 8.86. The van der Waals surface area contributed by atoms with Crippen molar-refractivity contribution in [3.63, 3.8) is 0 Å². The summed E-state index contributed by atoms with van der Waals surface area (Å²) < 4.78 is 0. The maximum Gasteiger partial charge on any atom is 0.0681 e. The lowest BCUT2D eigenvalue weighted by atomic mass is 9.92. The predicted octanol–water partition coefficient (Wildman–Crippen LogP) is 2.44. The van der Waals surface area contributed by atoms with Gasteiger partial charge in [-0.15, -0.1) is 0 Å². The van der Waals surface area contributed by atoms with Crippen molar-refractivity contribution in [1.82, 2.24) is 0 Å². The van der Waals surface area contributed by atoms with Crippen LogP contribution >= 0.6 is 0 Å². The second-order valence-corrected chi connectivity index (χ2v) is 3.55. The summed E-state index contributed by atoms with van der Waals surface area (Å²) in [6.45, 7) is 0.142. The zero-order valence-corrected chi connectivity index (χ0v) is 7.66. The third-order valence-electron chi connectivity index (χ3n) is 2.54. The molecule has 0 unspecified atom stereocenters. The normalized spacial score (nSPS) is 15.0. The molecule has 1 aromatic carbocycles. The molecular formula is C12H14O. The summed E-state index contributed by atoms with van der Waals surface area (Å²) >= 11 is 0. The third kappa shape index (κ3) is 1.99. The molecule has 1 N–H and O–H groups in total. The number of allylic oxidation sites excluding steroid dienone is 2. The van der Waals surface area contributed by atoms with Crippen LogP contribution in [-0.2, 0) is 13.0 Å². The summed E-state index contributed by atoms with van der Waals surface area (Å²) in [5.74, 6) is 0. The molecule has 0 fully saturated rings. The van der Waals surface area contributed by atoms with Gasteiger partial charge in [0.1, 0.15) is 0 Å². The van der Waals surface area contributed by atoms with Gasteiger partial charge in [0.15, 0.2) is 0 Å². The van der Waals surface area contributed by atoms with Gasteiger partial charge in [-0.2, -0.15) is 0 Å². The van der Waals surface area contributed by atoms with Crippen LogP contribution < -0.4 is 0 Å². The first-order valence-electron chi connectivity index (χ1n) is 4.75. The Morgan fingerprint density at radius 1 is 1.08 bits per heavy atom. The highest BCUT2D eigenvalue weighted by Gasteiger charge is 2.05. The van der Waals surface area contributed by atoms with Gasteiger partial charge in [-0.1, -0.05) is 35.9 Å². The first-order valence-corrected chi connectivity index (χ1v) is 4.75. The van der Waals surface area contributed by atoms with Crippen LogP contribution in [0.25, 0.3) is 0 Å². The van der Waals surface area contributed by atoms with Crippen LogP contribution in [0.3, 0.4) is 0 Å². The number of benzene rings is 1. The second-order valence-electron chi connectivity index (χ2n) is 3.55. The number of aliphatic hydroxyl groups excluding tert-OH is 1. The molecule has 0 saturated heterocycles. The van der Waals surface area contributed by atoms with E-state index in [-0.39, 0.29) is 6.61 Å². The standard InChI is InChI=1S/C12H14O/c13-9-12-6-4-11(5-7-12)8-10-2-1-3-10/h2,4-7,13H,1,3,8-9H2. The lowest BCUT2D eigenvalue weighted by Gasteiger charge is -2.14. The highest BCUT2D eigenvalue weighted by molar-refractivity contribution is 5.28. The highest BCUT2D eigenvalue weighted by atomic mass is 16.3. The molecule has 0 spiro atoms. The lowest BCUT2D eigenvalue weighted by molar-refractivity contribution is 0.282. The number of aliphatic hydroxyl groups is 1. The smallest absolute Gasteiger partial charge is 0.0681 e. The minimum Gasteiger partial charge on any atom is -0.392 e. The minimum atomic E-state index is 0.142. The van der Waals surface area contributed by atoms with Crippen molar-refractivity contribution in [3.8, 4) is 0 Å². The van der Waals surface area contributed by atoms with Crippen LogP contribution in [-0.4, -0.2) is 5.11 Å². The van der Waals surface area contributed by atoms with E-state index in [1.54, 1.807) is 5.57 Å². The molecule has 1 aromatic rings. The molecule has 0 amide bonds. The van der Waals surface area contributed by atoms with Crippen LogP contribution in [0, 0.1) is 0 Å².